The molecule has 1 atom stereocenters. The van der Waals surface area contributed by atoms with Crippen molar-refractivity contribution in [3.05, 3.63) is 52.4 Å². The summed E-state index contributed by atoms with van der Waals surface area (Å²) in [6.45, 7) is 2.72. The van der Waals surface area contributed by atoms with E-state index >= 15 is 0 Å². The SMILES string of the molecule is CCn1cccc(NC(=O)C2COc3cc(OC)ccc3C2)c1=O. The Bertz CT molecular complexity index is 813. The molecular formula is C18H20N2O4. The minimum atomic E-state index is -0.333. The Kier molecular flexibility index (Phi) is 4.55. The minimum absolute atomic E-state index is 0.199. The number of amides is 1. The summed E-state index contributed by atoms with van der Waals surface area (Å²) in [5.41, 5.74) is 1.06. The highest BCUT2D eigenvalue weighted by Gasteiger charge is 2.27. The Morgan fingerprint density at radius 2 is 2.25 bits per heavy atom. The predicted molar refractivity (Wildman–Crippen MR) is 90.7 cm³/mol. The Hall–Kier alpha value is -2.76. The normalized spacial score (nSPS) is 16.0. The number of ether oxygens (including phenoxy) is 2. The third-order valence-electron chi connectivity index (χ3n) is 4.17. The van der Waals surface area contributed by atoms with E-state index in [0.717, 1.165) is 17.1 Å². The van der Waals surface area contributed by atoms with Gasteiger partial charge in [0.15, 0.2) is 0 Å². The third-order valence-corrected chi connectivity index (χ3v) is 4.17. The number of carbonyl (C=O) groups excluding carboxylic acids is 1. The van der Waals surface area contributed by atoms with Gasteiger partial charge in [0, 0.05) is 18.8 Å². The topological polar surface area (TPSA) is 69.6 Å². The molecule has 1 aliphatic rings. The van der Waals surface area contributed by atoms with Crippen molar-refractivity contribution in [3.63, 3.8) is 0 Å². The fourth-order valence-electron chi connectivity index (χ4n) is 2.76. The monoisotopic (exact) mass is 328 g/mol. The number of fused-ring (bicyclic) bond motifs is 1. The number of pyridine rings is 1. The molecule has 1 aromatic heterocycles. The van der Waals surface area contributed by atoms with Crippen molar-refractivity contribution in [2.24, 2.45) is 5.92 Å². The van der Waals surface area contributed by atoms with Gasteiger partial charge >= 0.3 is 0 Å². The molecule has 6 nitrogen and oxygen atoms in total. The second-order valence-corrected chi connectivity index (χ2v) is 5.69. The number of hydrogen-bond acceptors (Lipinski definition) is 4. The Morgan fingerprint density at radius 1 is 1.42 bits per heavy atom. The Balaban J connectivity index is 1.74. The third kappa shape index (κ3) is 3.13. The van der Waals surface area contributed by atoms with Crippen LogP contribution in [0.5, 0.6) is 11.5 Å². The number of aryl methyl sites for hydroxylation is 1. The largest absolute Gasteiger partial charge is 0.497 e. The van der Waals surface area contributed by atoms with Crippen molar-refractivity contribution in [1.29, 1.82) is 0 Å². The van der Waals surface area contributed by atoms with E-state index in [2.05, 4.69) is 5.32 Å². The highest BCUT2D eigenvalue weighted by molar-refractivity contribution is 5.92. The van der Waals surface area contributed by atoms with Crippen molar-refractivity contribution < 1.29 is 14.3 Å². The van der Waals surface area contributed by atoms with E-state index in [0.29, 0.717) is 18.7 Å². The summed E-state index contributed by atoms with van der Waals surface area (Å²) < 4.78 is 12.4. The van der Waals surface area contributed by atoms with E-state index in [1.165, 1.54) is 0 Å². The summed E-state index contributed by atoms with van der Waals surface area (Å²) >= 11 is 0. The molecule has 1 amide bonds. The van der Waals surface area contributed by atoms with Crippen molar-refractivity contribution >= 4 is 11.6 Å². The van der Waals surface area contributed by atoms with Gasteiger partial charge in [-0.25, -0.2) is 0 Å². The van der Waals surface area contributed by atoms with E-state index in [-0.39, 0.29) is 24.0 Å². The van der Waals surface area contributed by atoms with Gasteiger partial charge in [-0.1, -0.05) is 6.07 Å². The summed E-state index contributed by atoms with van der Waals surface area (Å²) in [5.74, 6) is 0.926. The lowest BCUT2D eigenvalue weighted by molar-refractivity contribution is -0.121. The number of nitrogens with one attached hydrogen (secondary N) is 1. The molecule has 24 heavy (non-hydrogen) atoms. The summed E-state index contributed by atoms with van der Waals surface area (Å²) in [7, 11) is 1.60. The van der Waals surface area contributed by atoms with E-state index in [9.17, 15) is 9.59 Å². The van der Waals surface area contributed by atoms with Crippen LogP contribution in [0, 0.1) is 5.92 Å². The van der Waals surface area contributed by atoms with Crippen LogP contribution in [0.3, 0.4) is 0 Å². The predicted octanol–water partition coefficient (Wildman–Crippen LogP) is 2.07. The molecule has 2 heterocycles. The molecule has 126 valence electrons. The van der Waals surface area contributed by atoms with Crippen molar-refractivity contribution in [3.8, 4) is 11.5 Å². The van der Waals surface area contributed by atoms with Gasteiger partial charge in [0.1, 0.15) is 23.8 Å². The number of benzene rings is 1. The van der Waals surface area contributed by atoms with Gasteiger partial charge in [-0.2, -0.15) is 0 Å². The summed E-state index contributed by atoms with van der Waals surface area (Å²) in [6, 6.07) is 8.94. The minimum Gasteiger partial charge on any atom is -0.497 e. The zero-order valence-electron chi connectivity index (χ0n) is 13.7. The first kappa shape index (κ1) is 16.1. The number of carbonyl (C=O) groups is 1. The standard InChI is InChI=1S/C18H20N2O4/c1-3-20-8-4-5-15(18(20)22)19-17(21)13-9-12-6-7-14(23-2)10-16(12)24-11-13/h4-8,10,13H,3,9,11H2,1-2H3,(H,19,21). The van der Waals surface area contributed by atoms with E-state index in [1.807, 2.05) is 25.1 Å². The maximum Gasteiger partial charge on any atom is 0.274 e. The highest BCUT2D eigenvalue weighted by Crippen LogP contribution is 2.31. The fourth-order valence-corrected chi connectivity index (χ4v) is 2.76. The molecule has 1 aliphatic heterocycles. The van der Waals surface area contributed by atoms with Crippen molar-refractivity contribution in [2.45, 2.75) is 19.9 Å². The van der Waals surface area contributed by atoms with E-state index < -0.39 is 0 Å². The lowest BCUT2D eigenvalue weighted by Gasteiger charge is -2.25. The van der Waals surface area contributed by atoms with Gasteiger partial charge in [0.25, 0.3) is 5.56 Å². The molecular weight excluding hydrogens is 308 g/mol. The molecule has 0 saturated heterocycles. The zero-order chi connectivity index (χ0) is 17.1. The molecule has 0 spiro atoms. The molecule has 0 bridgehead atoms. The van der Waals surface area contributed by atoms with Gasteiger partial charge in [-0.05, 0) is 37.1 Å². The molecule has 0 radical (unpaired) electrons. The van der Waals surface area contributed by atoms with Crippen LogP contribution in [0.2, 0.25) is 0 Å². The highest BCUT2D eigenvalue weighted by atomic mass is 16.5. The number of nitrogens with zero attached hydrogens (tertiary/aromatic N) is 1. The van der Waals surface area contributed by atoms with Crippen LogP contribution in [0.1, 0.15) is 12.5 Å². The first-order valence-corrected chi connectivity index (χ1v) is 7.92. The Labute approximate surface area is 140 Å². The molecule has 1 N–H and O–H groups in total. The van der Waals surface area contributed by atoms with Crippen LogP contribution in [0.15, 0.2) is 41.3 Å². The summed E-state index contributed by atoms with van der Waals surface area (Å²) in [4.78, 5) is 24.7. The van der Waals surface area contributed by atoms with Gasteiger partial charge in [0.2, 0.25) is 5.91 Å². The first-order valence-electron chi connectivity index (χ1n) is 7.92. The number of rotatable bonds is 4. The molecule has 0 aliphatic carbocycles. The van der Waals surface area contributed by atoms with Crippen LogP contribution >= 0.6 is 0 Å². The lowest BCUT2D eigenvalue weighted by Crippen LogP contribution is -2.34. The maximum absolute atomic E-state index is 12.5. The van der Waals surface area contributed by atoms with Gasteiger partial charge < -0.3 is 19.4 Å². The van der Waals surface area contributed by atoms with E-state index in [4.69, 9.17) is 9.47 Å². The molecule has 6 heteroatoms. The molecule has 2 aromatic rings. The first-order chi connectivity index (χ1) is 11.6. The number of methoxy groups -OCH3 is 1. The molecule has 1 aromatic carbocycles. The van der Waals surface area contributed by atoms with E-state index in [1.54, 1.807) is 30.0 Å². The fraction of sp³-hybridized carbons (Fsp3) is 0.333. The molecule has 1 unspecified atom stereocenters. The second-order valence-electron chi connectivity index (χ2n) is 5.69. The van der Waals surface area contributed by atoms with Crippen molar-refractivity contribution in [2.75, 3.05) is 19.0 Å². The van der Waals surface area contributed by atoms with Gasteiger partial charge in [-0.3, -0.25) is 9.59 Å². The van der Waals surface area contributed by atoms with Crippen LogP contribution in [0.25, 0.3) is 0 Å². The summed E-state index contributed by atoms with van der Waals surface area (Å²) in [6.07, 6.45) is 2.27. The van der Waals surface area contributed by atoms with Crippen LogP contribution in [-0.4, -0.2) is 24.2 Å². The average molecular weight is 328 g/mol. The Morgan fingerprint density at radius 3 is 3.00 bits per heavy atom. The van der Waals surface area contributed by atoms with Crippen LogP contribution in [0.4, 0.5) is 5.69 Å². The lowest BCUT2D eigenvalue weighted by atomic mass is 9.96. The number of aromatic nitrogens is 1. The van der Waals surface area contributed by atoms with Crippen LogP contribution < -0.4 is 20.3 Å². The average Bonchev–Trinajstić information content (AvgIpc) is 2.62. The smallest absolute Gasteiger partial charge is 0.274 e. The molecule has 3 rings (SSSR count). The molecule has 0 fully saturated rings. The number of hydrogen-bond donors (Lipinski definition) is 1. The van der Waals surface area contributed by atoms with Gasteiger partial charge in [0.05, 0.1) is 13.0 Å². The van der Waals surface area contributed by atoms with Gasteiger partial charge in [-0.15, -0.1) is 0 Å². The van der Waals surface area contributed by atoms with Crippen LogP contribution in [-0.2, 0) is 17.8 Å². The quantitative estimate of drug-likeness (QED) is 0.933. The molecule has 0 saturated carbocycles. The second kappa shape index (κ2) is 6.78. The number of anilines is 1. The van der Waals surface area contributed by atoms with Crippen molar-refractivity contribution in [1.82, 2.24) is 4.57 Å². The summed E-state index contributed by atoms with van der Waals surface area (Å²) in [5, 5.41) is 2.73. The zero-order valence-corrected chi connectivity index (χ0v) is 13.7. The maximum atomic E-state index is 12.5.